The number of hydrogen-bond donors (Lipinski definition) is 0. The highest BCUT2D eigenvalue weighted by Crippen LogP contribution is 2.41. The monoisotopic (exact) mass is 1510 g/mol. The number of benzene rings is 10. The normalized spacial score (nSPS) is 12.9. The van der Waals surface area contributed by atoms with Crippen LogP contribution in [0.5, 0.6) is 0 Å². The van der Waals surface area contributed by atoms with E-state index < -0.39 is 0 Å². The Morgan fingerprint density at radius 1 is 0.222 bits per heavy atom. The van der Waals surface area contributed by atoms with Gasteiger partial charge in [-0.2, -0.15) is 0 Å². The Bertz CT molecular complexity index is 6370. The smallest absolute Gasteiger partial charge is 0.160 e. The second-order valence-corrected chi connectivity index (χ2v) is 30.5. The molecule has 19 aromatic rings. The van der Waals surface area contributed by atoms with Crippen molar-refractivity contribution < 1.29 is 0 Å². The Morgan fingerprint density at radius 2 is 0.564 bits per heavy atom. The van der Waals surface area contributed by atoms with E-state index in [1.807, 2.05) is 110 Å². The van der Waals surface area contributed by atoms with Gasteiger partial charge in [0.1, 0.15) is 5.65 Å². The molecule has 10 aromatic carbocycles. The Morgan fingerprint density at radius 3 is 1.06 bits per heavy atom. The quantitative estimate of drug-likeness (QED) is 0.112. The molecule has 9 heterocycles. The summed E-state index contributed by atoms with van der Waals surface area (Å²) in [6.45, 7) is 0. The van der Waals surface area contributed by atoms with Crippen molar-refractivity contribution >= 4 is 33.0 Å². The molecule has 0 spiro atoms. The van der Waals surface area contributed by atoms with Crippen molar-refractivity contribution in [1.29, 1.82) is 0 Å². The highest BCUT2D eigenvalue weighted by molar-refractivity contribution is 5.89. The van der Waals surface area contributed by atoms with Crippen LogP contribution in [0.25, 0.3) is 163 Å². The highest BCUT2D eigenvalue weighted by atomic mass is 15.1. The summed E-state index contributed by atoms with van der Waals surface area (Å²) in [5.74, 6) is 1.47. The maximum Gasteiger partial charge on any atom is 0.160 e. The highest BCUT2D eigenvalue weighted by Gasteiger charge is 2.26. The Kier molecular flexibility index (Phi) is 19.7. The summed E-state index contributed by atoms with van der Waals surface area (Å²) in [6.07, 6.45) is 21.9. The predicted molar refractivity (Wildman–Crippen MR) is 476 cm³/mol. The van der Waals surface area contributed by atoms with Crippen LogP contribution in [0.1, 0.15) is 72.3 Å². The topological polar surface area (TPSA) is 118 Å². The molecule has 0 radical (unpaired) electrons. The number of fused-ring (bicyclic) bond motifs is 9. The largest absolute Gasteiger partial charge is 0.312 e. The molecule has 0 fully saturated rings. The summed E-state index contributed by atoms with van der Waals surface area (Å²) in [5.41, 5.74) is 35.7. The maximum absolute atomic E-state index is 5.13. The lowest BCUT2D eigenvalue weighted by atomic mass is 9.96. The second kappa shape index (κ2) is 32.2. The van der Waals surface area contributed by atoms with Crippen molar-refractivity contribution in [2.24, 2.45) is 0 Å². The van der Waals surface area contributed by atoms with Crippen molar-refractivity contribution in [3.05, 3.63) is 392 Å². The first-order chi connectivity index (χ1) is 58.0. The molecule has 0 aliphatic heterocycles. The molecule has 11 nitrogen and oxygen atoms in total. The van der Waals surface area contributed by atoms with Crippen molar-refractivity contribution in [3.63, 3.8) is 0 Å². The van der Waals surface area contributed by atoms with Crippen molar-refractivity contribution in [2.45, 2.75) is 77.0 Å². The van der Waals surface area contributed by atoms with Crippen LogP contribution in [-0.2, 0) is 38.5 Å². The fraction of sp³-hybridized carbons (Fsp3) is 0.113. The number of rotatable bonds is 13. The lowest BCUT2D eigenvalue weighted by Gasteiger charge is -2.16. The number of aryl methyl sites for hydroxylation is 3. The Balaban J connectivity index is 0.000000113. The molecule has 9 aromatic heterocycles. The van der Waals surface area contributed by atoms with Gasteiger partial charge in [-0.3, -0.25) is 14.5 Å². The molecule has 562 valence electrons. The minimum atomic E-state index is 0.734. The van der Waals surface area contributed by atoms with Crippen molar-refractivity contribution in [1.82, 2.24) is 53.6 Å². The zero-order valence-electron chi connectivity index (χ0n) is 65.0. The molecule has 22 rings (SSSR count). The summed E-state index contributed by atoms with van der Waals surface area (Å²) < 4.78 is 7.20. The molecular weight excluding hydrogens is 1430 g/mol. The Hall–Kier alpha value is -14.4. The van der Waals surface area contributed by atoms with Crippen LogP contribution in [0.4, 0.5) is 0 Å². The van der Waals surface area contributed by atoms with Gasteiger partial charge in [-0.25, -0.2) is 29.9 Å². The molecule has 3 aliphatic carbocycles. The first kappa shape index (κ1) is 71.6. The Labute approximate surface area is 681 Å². The van der Waals surface area contributed by atoms with Crippen LogP contribution < -0.4 is 0 Å². The predicted octanol–water partition coefficient (Wildman–Crippen LogP) is 25.4. The molecule has 0 bridgehead atoms. The van der Waals surface area contributed by atoms with Crippen LogP contribution in [0.2, 0.25) is 0 Å². The van der Waals surface area contributed by atoms with Gasteiger partial charge in [-0.15, -0.1) is 0 Å². The molecule has 3 aliphatic rings. The first-order valence-corrected chi connectivity index (χ1v) is 41.0. The third kappa shape index (κ3) is 14.5. The van der Waals surface area contributed by atoms with E-state index in [1.54, 1.807) is 0 Å². The van der Waals surface area contributed by atoms with E-state index in [1.165, 1.54) is 128 Å². The first-order valence-electron chi connectivity index (χ1n) is 41.0. The number of aromatic nitrogens is 11. The molecule has 0 N–H and O–H groups in total. The van der Waals surface area contributed by atoms with Gasteiger partial charge in [0, 0.05) is 108 Å². The lowest BCUT2D eigenvalue weighted by molar-refractivity contribution is 0.666. The standard InChI is InChI=1S/C40H31N3.2C33H26N4/c1-3-10-28(11-4-1)29-17-19-32(20-18-29)38-27-33(26-37(42-38)31-12-5-2-6-13-31)30-21-23-34(24-22-30)43-39-16-8-7-14-35(39)36-15-9-25-41-40(36)43;1-3-10-23(11-4-1)28-22-29(36-33(35-28)25-12-5-2-6-13-25)24-17-19-26(20-18-24)37-30-15-8-7-14-27(30)32-31(37)16-9-21-34-32;1-3-9-23(10-4-1)29-21-30(36-33(35-29)25-11-5-2-6-12-25)24-15-17-26(18-16-24)37-31-14-8-7-13-27(31)28-19-20-34-22-32(28)37/h1-6,9-13,15,17-27H,7-8,14,16H2;1-6,9-13,16-22H,7-8,14-15H2;1-6,9-12,15-22H,7-8,13-14H2. The average molecular weight is 1510 g/mol. The minimum Gasteiger partial charge on any atom is -0.312 e. The zero-order valence-corrected chi connectivity index (χ0v) is 65.0. The number of hydrogen-bond acceptors (Lipinski definition) is 8. The van der Waals surface area contributed by atoms with E-state index in [-0.39, 0.29) is 0 Å². The van der Waals surface area contributed by atoms with Crippen LogP contribution in [0.15, 0.2) is 358 Å². The van der Waals surface area contributed by atoms with Gasteiger partial charge in [-0.05, 0) is 207 Å². The molecule has 0 amide bonds. The van der Waals surface area contributed by atoms with Crippen LogP contribution in [-0.4, -0.2) is 53.6 Å². The summed E-state index contributed by atoms with van der Waals surface area (Å²) in [5, 5.41) is 2.63. The summed E-state index contributed by atoms with van der Waals surface area (Å²) in [4.78, 5) is 38.9. The molecule has 0 saturated heterocycles. The van der Waals surface area contributed by atoms with Gasteiger partial charge in [0.25, 0.3) is 0 Å². The molecular formula is C106H83N11. The second-order valence-electron chi connectivity index (χ2n) is 30.5. The van der Waals surface area contributed by atoms with E-state index in [0.29, 0.717) is 0 Å². The fourth-order valence-corrected chi connectivity index (χ4v) is 17.5. The maximum atomic E-state index is 5.13. The molecule has 0 atom stereocenters. The summed E-state index contributed by atoms with van der Waals surface area (Å²) in [6, 6.07) is 117. The third-order valence-corrected chi connectivity index (χ3v) is 23.3. The van der Waals surface area contributed by atoms with E-state index in [9.17, 15) is 0 Å². The van der Waals surface area contributed by atoms with Gasteiger partial charge in [0.15, 0.2) is 11.6 Å². The van der Waals surface area contributed by atoms with Crippen molar-refractivity contribution in [3.8, 4) is 130 Å². The van der Waals surface area contributed by atoms with Crippen LogP contribution in [0, 0.1) is 0 Å². The van der Waals surface area contributed by atoms with Gasteiger partial charge >= 0.3 is 0 Å². The number of nitrogens with zero attached hydrogens (tertiary/aromatic N) is 11. The third-order valence-electron chi connectivity index (χ3n) is 23.3. The summed E-state index contributed by atoms with van der Waals surface area (Å²) >= 11 is 0. The molecule has 0 unspecified atom stereocenters. The molecule has 117 heavy (non-hydrogen) atoms. The van der Waals surface area contributed by atoms with E-state index >= 15 is 0 Å². The molecule has 0 saturated carbocycles. The minimum absolute atomic E-state index is 0.734. The van der Waals surface area contributed by atoms with Gasteiger partial charge < -0.3 is 9.13 Å². The average Bonchev–Trinajstić information content (AvgIpc) is 1.62. The van der Waals surface area contributed by atoms with Crippen LogP contribution >= 0.6 is 0 Å². The van der Waals surface area contributed by atoms with Crippen molar-refractivity contribution in [2.75, 3.05) is 0 Å². The van der Waals surface area contributed by atoms with E-state index in [0.717, 1.165) is 146 Å². The van der Waals surface area contributed by atoms with Gasteiger partial charge in [-0.1, -0.05) is 243 Å². The van der Waals surface area contributed by atoms with Gasteiger partial charge in [0.05, 0.1) is 56.9 Å². The number of pyridine rings is 4. The lowest BCUT2D eigenvalue weighted by Crippen LogP contribution is -2.07. The zero-order chi connectivity index (χ0) is 77.8. The summed E-state index contributed by atoms with van der Waals surface area (Å²) in [7, 11) is 0. The fourth-order valence-electron chi connectivity index (χ4n) is 17.5. The van der Waals surface area contributed by atoms with Gasteiger partial charge in [0.2, 0.25) is 0 Å². The molecule has 11 heteroatoms. The SMILES string of the molecule is c1ccc(-c2cc(-c3ccc(-n4c5c(c6ccncc64)CCCC5)cc3)nc(-c3ccccc3)n2)cc1.c1ccc(-c2cc(-c3ccc(-n4c5c(c6ncccc64)CCCC5)cc3)nc(-c3ccccc3)n2)cc1.c1ccc(-c2ccc(-c3cc(-c4ccc(-n5c6c(c7cccnc75)CCCC6)cc4)cc(-c4ccccc4)n3)cc2)cc1. The van der Waals surface area contributed by atoms with E-state index in [4.69, 9.17) is 34.9 Å². The van der Waals surface area contributed by atoms with Crippen LogP contribution in [0.3, 0.4) is 0 Å². The van der Waals surface area contributed by atoms with E-state index in [2.05, 4.69) is 267 Å².